The first-order chi connectivity index (χ1) is 8.79. The summed E-state index contributed by atoms with van der Waals surface area (Å²) in [5.41, 5.74) is 1.24. The van der Waals surface area contributed by atoms with E-state index in [9.17, 15) is 0 Å². The second-order valence-electron chi connectivity index (χ2n) is 4.83. The van der Waals surface area contributed by atoms with Gasteiger partial charge in [-0.15, -0.1) is 0 Å². The molecule has 2 heteroatoms. The van der Waals surface area contributed by atoms with Crippen LogP contribution in [0, 0.1) is 0 Å². The average Bonchev–Trinajstić information content (AvgIpc) is 2.42. The van der Waals surface area contributed by atoms with E-state index < -0.39 is 0 Å². The second kappa shape index (κ2) is 8.98. The first kappa shape index (κ1) is 15.0. The number of hydrogen-bond donors (Lipinski definition) is 1. The van der Waals surface area contributed by atoms with Gasteiger partial charge < -0.3 is 10.1 Å². The van der Waals surface area contributed by atoms with Crippen LogP contribution in [0.2, 0.25) is 0 Å². The van der Waals surface area contributed by atoms with Crippen molar-refractivity contribution in [1.82, 2.24) is 5.32 Å². The van der Waals surface area contributed by atoms with Crippen LogP contribution in [0.3, 0.4) is 0 Å². The molecule has 0 saturated heterocycles. The summed E-state index contributed by atoms with van der Waals surface area (Å²) in [7, 11) is 1.73. The van der Waals surface area contributed by atoms with Gasteiger partial charge in [0.2, 0.25) is 0 Å². The van der Waals surface area contributed by atoms with Gasteiger partial charge in [-0.25, -0.2) is 0 Å². The molecule has 102 valence electrons. The third-order valence-electron chi connectivity index (χ3n) is 3.34. The van der Waals surface area contributed by atoms with Crippen molar-refractivity contribution in [2.24, 2.45) is 0 Å². The highest BCUT2D eigenvalue weighted by Gasteiger charge is 2.09. The summed E-state index contributed by atoms with van der Waals surface area (Å²) in [6.07, 6.45) is 6.63. The third-order valence-corrected chi connectivity index (χ3v) is 3.34. The van der Waals surface area contributed by atoms with Crippen molar-refractivity contribution in [3.63, 3.8) is 0 Å². The van der Waals surface area contributed by atoms with Gasteiger partial charge in [-0.3, -0.25) is 0 Å². The predicted molar refractivity (Wildman–Crippen MR) is 78.2 cm³/mol. The van der Waals surface area contributed by atoms with Crippen LogP contribution in [0.15, 0.2) is 24.3 Å². The van der Waals surface area contributed by atoms with Crippen molar-refractivity contribution in [3.05, 3.63) is 29.8 Å². The van der Waals surface area contributed by atoms with Crippen molar-refractivity contribution >= 4 is 0 Å². The molecule has 0 bridgehead atoms. The molecule has 0 amide bonds. The highest BCUT2D eigenvalue weighted by atomic mass is 16.5. The summed E-state index contributed by atoms with van der Waals surface area (Å²) in [5, 5.41) is 3.57. The van der Waals surface area contributed by atoms with Crippen molar-refractivity contribution in [2.45, 2.75) is 52.0 Å². The molecule has 0 aromatic heterocycles. The van der Waals surface area contributed by atoms with Gasteiger partial charge in [0.1, 0.15) is 5.75 Å². The van der Waals surface area contributed by atoms with Gasteiger partial charge in [-0.05, 0) is 26.0 Å². The van der Waals surface area contributed by atoms with E-state index in [-0.39, 0.29) is 0 Å². The number of rotatable bonds is 9. The standard InChI is InChI=1S/C16H27NO/c1-4-5-6-7-10-13-17-14(2)15-11-8-9-12-16(15)18-3/h8-9,11-12,14,17H,4-7,10,13H2,1-3H3/t14-/m0/s1. The summed E-state index contributed by atoms with van der Waals surface area (Å²) < 4.78 is 5.39. The van der Waals surface area contributed by atoms with Crippen LogP contribution in [0.25, 0.3) is 0 Å². The highest BCUT2D eigenvalue weighted by Crippen LogP contribution is 2.24. The molecule has 0 heterocycles. The lowest BCUT2D eigenvalue weighted by atomic mass is 10.1. The minimum Gasteiger partial charge on any atom is -0.496 e. The lowest BCUT2D eigenvalue weighted by molar-refractivity contribution is 0.401. The van der Waals surface area contributed by atoms with Crippen LogP contribution in [0.4, 0.5) is 0 Å². The predicted octanol–water partition coefficient (Wildman–Crippen LogP) is 4.32. The zero-order valence-corrected chi connectivity index (χ0v) is 12.0. The Labute approximate surface area is 112 Å². The number of para-hydroxylation sites is 1. The van der Waals surface area contributed by atoms with Gasteiger partial charge in [0.25, 0.3) is 0 Å². The van der Waals surface area contributed by atoms with E-state index in [1.165, 1.54) is 37.7 Å². The molecule has 0 saturated carbocycles. The fraction of sp³-hybridized carbons (Fsp3) is 0.625. The van der Waals surface area contributed by atoms with Crippen molar-refractivity contribution < 1.29 is 4.74 Å². The first-order valence-corrected chi connectivity index (χ1v) is 7.16. The van der Waals surface area contributed by atoms with Crippen LogP contribution in [0.5, 0.6) is 5.75 Å². The first-order valence-electron chi connectivity index (χ1n) is 7.16. The third kappa shape index (κ3) is 5.09. The fourth-order valence-corrected chi connectivity index (χ4v) is 2.18. The Bertz CT molecular complexity index is 325. The molecule has 1 aromatic carbocycles. The summed E-state index contributed by atoms with van der Waals surface area (Å²) >= 11 is 0. The van der Waals surface area contributed by atoms with Gasteiger partial charge >= 0.3 is 0 Å². The molecular weight excluding hydrogens is 222 g/mol. The smallest absolute Gasteiger partial charge is 0.123 e. The number of ether oxygens (including phenoxy) is 1. The molecule has 1 N–H and O–H groups in total. The minimum atomic E-state index is 0.354. The minimum absolute atomic E-state index is 0.354. The molecule has 0 fully saturated rings. The average molecular weight is 249 g/mol. The molecule has 2 nitrogen and oxygen atoms in total. The number of nitrogens with one attached hydrogen (secondary N) is 1. The lowest BCUT2D eigenvalue weighted by Crippen LogP contribution is -2.20. The zero-order valence-electron chi connectivity index (χ0n) is 12.0. The molecular formula is C16H27NO. The van der Waals surface area contributed by atoms with Gasteiger partial charge in [0.15, 0.2) is 0 Å². The molecule has 1 aromatic rings. The maximum atomic E-state index is 5.39. The fourth-order valence-electron chi connectivity index (χ4n) is 2.18. The van der Waals surface area contributed by atoms with Gasteiger partial charge in [0, 0.05) is 11.6 Å². The molecule has 0 unspecified atom stereocenters. The Hall–Kier alpha value is -1.02. The van der Waals surface area contributed by atoms with E-state index in [0.717, 1.165) is 12.3 Å². The van der Waals surface area contributed by atoms with Crippen LogP contribution in [-0.2, 0) is 0 Å². The lowest BCUT2D eigenvalue weighted by Gasteiger charge is -2.17. The summed E-state index contributed by atoms with van der Waals surface area (Å²) in [5.74, 6) is 0.975. The largest absolute Gasteiger partial charge is 0.496 e. The maximum absolute atomic E-state index is 5.39. The summed E-state index contributed by atoms with van der Waals surface area (Å²) in [4.78, 5) is 0. The van der Waals surface area contributed by atoms with Gasteiger partial charge in [0.05, 0.1) is 7.11 Å². The zero-order chi connectivity index (χ0) is 13.2. The Kier molecular flexibility index (Phi) is 7.51. The highest BCUT2D eigenvalue weighted by molar-refractivity contribution is 5.35. The molecule has 0 aliphatic carbocycles. The van der Waals surface area contributed by atoms with Gasteiger partial charge in [-0.1, -0.05) is 50.8 Å². The Morgan fingerprint density at radius 3 is 2.56 bits per heavy atom. The molecule has 18 heavy (non-hydrogen) atoms. The van der Waals surface area contributed by atoms with E-state index in [0.29, 0.717) is 6.04 Å². The monoisotopic (exact) mass is 249 g/mol. The molecule has 1 rings (SSSR count). The van der Waals surface area contributed by atoms with Gasteiger partial charge in [-0.2, -0.15) is 0 Å². The Morgan fingerprint density at radius 2 is 1.83 bits per heavy atom. The van der Waals surface area contributed by atoms with E-state index >= 15 is 0 Å². The molecule has 0 aliphatic heterocycles. The van der Waals surface area contributed by atoms with Crippen LogP contribution in [0.1, 0.15) is 57.6 Å². The number of benzene rings is 1. The summed E-state index contributed by atoms with van der Waals surface area (Å²) in [6, 6.07) is 8.59. The van der Waals surface area contributed by atoms with Crippen molar-refractivity contribution in [3.8, 4) is 5.75 Å². The van der Waals surface area contributed by atoms with E-state index in [2.05, 4.69) is 31.3 Å². The number of methoxy groups -OCH3 is 1. The second-order valence-corrected chi connectivity index (χ2v) is 4.83. The quantitative estimate of drug-likeness (QED) is 0.658. The molecule has 0 aliphatic rings. The van der Waals surface area contributed by atoms with E-state index in [1.54, 1.807) is 7.11 Å². The van der Waals surface area contributed by atoms with Crippen LogP contribution >= 0.6 is 0 Å². The molecule has 0 radical (unpaired) electrons. The van der Waals surface area contributed by atoms with E-state index in [4.69, 9.17) is 4.74 Å². The van der Waals surface area contributed by atoms with Crippen molar-refractivity contribution in [2.75, 3.05) is 13.7 Å². The normalized spacial score (nSPS) is 12.4. The Balaban J connectivity index is 2.29. The number of unbranched alkanes of at least 4 members (excludes halogenated alkanes) is 4. The van der Waals surface area contributed by atoms with Crippen LogP contribution < -0.4 is 10.1 Å². The SMILES string of the molecule is CCCCCCCN[C@@H](C)c1ccccc1OC. The molecule has 0 spiro atoms. The van der Waals surface area contributed by atoms with Crippen molar-refractivity contribution in [1.29, 1.82) is 0 Å². The van der Waals surface area contributed by atoms with Crippen LogP contribution in [-0.4, -0.2) is 13.7 Å². The molecule has 1 atom stereocenters. The number of hydrogen-bond acceptors (Lipinski definition) is 2. The van der Waals surface area contributed by atoms with E-state index in [1.807, 2.05) is 12.1 Å². The summed E-state index contributed by atoms with van der Waals surface area (Å²) in [6.45, 7) is 5.54. The topological polar surface area (TPSA) is 21.3 Å². The Morgan fingerprint density at radius 1 is 1.11 bits per heavy atom. The maximum Gasteiger partial charge on any atom is 0.123 e.